The van der Waals surface area contributed by atoms with Crippen LogP contribution in [0.1, 0.15) is 33.5 Å². The van der Waals surface area contributed by atoms with Gasteiger partial charge in [0, 0.05) is 35.2 Å². The van der Waals surface area contributed by atoms with Gasteiger partial charge in [-0.15, -0.1) is 0 Å². The van der Waals surface area contributed by atoms with Gasteiger partial charge in [-0.3, -0.25) is 14.8 Å². The van der Waals surface area contributed by atoms with Gasteiger partial charge in [-0.2, -0.15) is 5.10 Å². The lowest BCUT2D eigenvalue weighted by Gasteiger charge is -2.44. The number of hydrogen-bond acceptors (Lipinski definition) is 4. The normalized spacial score (nSPS) is 24.7. The van der Waals surface area contributed by atoms with Gasteiger partial charge >= 0.3 is 0 Å². The van der Waals surface area contributed by atoms with E-state index in [4.69, 9.17) is 4.74 Å². The Bertz CT molecular complexity index is 1190. The number of H-pyrrole nitrogens is 1. The number of halogens is 2. The smallest absolute Gasteiger partial charge is 0.273 e. The Morgan fingerprint density at radius 2 is 2.13 bits per heavy atom. The number of alkyl halides is 2. The summed E-state index contributed by atoms with van der Waals surface area (Å²) >= 11 is 0. The molecule has 8 heteroatoms. The monoisotopic (exact) mass is 410 g/mol. The number of hydrogen-bond donors (Lipinski definition) is 2. The van der Waals surface area contributed by atoms with Crippen LogP contribution in [0.2, 0.25) is 0 Å². The number of rotatable bonds is 2. The Morgan fingerprint density at radius 3 is 3.00 bits per heavy atom. The van der Waals surface area contributed by atoms with E-state index in [-0.39, 0.29) is 19.1 Å². The van der Waals surface area contributed by atoms with Crippen LogP contribution in [0.5, 0.6) is 5.75 Å². The maximum Gasteiger partial charge on any atom is 0.273 e. The van der Waals surface area contributed by atoms with Crippen LogP contribution >= 0.6 is 0 Å². The van der Waals surface area contributed by atoms with Crippen molar-refractivity contribution in [2.24, 2.45) is 0 Å². The molecule has 6 rings (SSSR count). The summed E-state index contributed by atoms with van der Waals surface area (Å²) in [6, 6.07) is 9.20. The van der Waals surface area contributed by atoms with E-state index in [1.807, 2.05) is 23.1 Å². The molecule has 0 bridgehead atoms. The number of piperidine rings is 1. The highest BCUT2D eigenvalue weighted by Crippen LogP contribution is 2.54. The summed E-state index contributed by atoms with van der Waals surface area (Å²) in [6.07, 6.45) is 2.05. The number of benzene rings is 2. The molecule has 2 N–H and O–H groups in total. The van der Waals surface area contributed by atoms with Crippen molar-refractivity contribution < 1.29 is 18.3 Å². The van der Waals surface area contributed by atoms with E-state index in [0.29, 0.717) is 48.5 Å². The minimum atomic E-state index is -2.94. The van der Waals surface area contributed by atoms with Gasteiger partial charge in [0.25, 0.3) is 11.8 Å². The van der Waals surface area contributed by atoms with Crippen molar-refractivity contribution in [1.82, 2.24) is 20.4 Å². The number of fused-ring (bicyclic) bond motifs is 5. The number of aromatic nitrogens is 2. The van der Waals surface area contributed by atoms with Crippen LogP contribution in [0.4, 0.5) is 8.78 Å². The fourth-order valence-corrected chi connectivity index (χ4v) is 5.13. The predicted molar refractivity (Wildman–Crippen MR) is 106 cm³/mol. The van der Waals surface area contributed by atoms with E-state index in [0.717, 1.165) is 16.5 Å². The van der Waals surface area contributed by atoms with Crippen LogP contribution in [0.25, 0.3) is 10.9 Å². The lowest BCUT2D eigenvalue weighted by Crippen LogP contribution is -2.58. The maximum absolute atomic E-state index is 15.6. The minimum absolute atomic E-state index is 0.0468. The lowest BCUT2D eigenvalue weighted by molar-refractivity contribution is -0.135. The number of nitrogens with zero attached hydrogens (tertiary/aromatic N) is 2. The molecule has 0 aliphatic carbocycles. The first-order valence-electron chi connectivity index (χ1n) is 10.1. The third kappa shape index (κ3) is 2.37. The molecule has 154 valence electrons. The van der Waals surface area contributed by atoms with Gasteiger partial charge in [0.05, 0.1) is 23.7 Å². The highest BCUT2D eigenvalue weighted by atomic mass is 19.3. The van der Waals surface area contributed by atoms with E-state index in [1.54, 1.807) is 18.3 Å². The number of aromatic amines is 1. The van der Waals surface area contributed by atoms with Crippen molar-refractivity contribution in [2.75, 3.05) is 19.7 Å². The number of amides is 1. The quantitative estimate of drug-likeness (QED) is 0.682. The van der Waals surface area contributed by atoms with Crippen molar-refractivity contribution in [2.45, 2.75) is 30.8 Å². The zero-order valence-electron chi connectivity index (χ0n) is 16.2. The molecule has 1 unspecified atom stereocenters. The summed E-state index contributed by atoms with van der Waals surface area (Å²) in [5.74, 6) is -2.64. The summed E-state index contributed by atoms with van der Waals surface area (Å²) in [6.45, 7) is 0.975. The van der Waals surface area contributed by atoms with Crippen LogP contribution in [-0.2, 0) is 18.5 Å². The van der Waals surface area contributed by atoms with E-state index >= 15 is 8.78 Å². The summed E-state index contributed by atoms with van der Waals surface area (Å²) in [4.78, 5) is 13.7. The fourth-order valence-electron chi connectivity index (χ4n) is 5.13. The molecule has 6 nitrogen and oxygen atoms in total. The maximum atomic E-state index is 15.6. The molecular weight excluding hydrogens is 390 g/mol. The number of likely N-dealkylation sites (tertiary alicyclic amines) is 1. The molecule has 0 radical (unpaired) electrons. The fraction of sp³-hybridized carbons (Fsp3) is 0.364. The largest absolute Gasteiger partial charge is 0.492 e. The summed E-state index contributed by atoms with van der Waals surface area (Å²) in [5, 5.41) is 10.6. The standard InChI is InChI=1S/C22H20F2N4O2/c23-22(24)11-28(10-13-1-4-18-14(7-13)8-26-27-18)6-5-21(22)12-30-19-16-9-25-20(29)15(16)2-3-17(19)21/h1-4,7-8H,5-6,9-12H2,(H,25,29)(H,26,27). The molecule has 1 fully saturated rings. The molecule has 1 aromatic heterocycles. The topological polar surface area (TPSA) is 70.2 Å². The third-order valence-corrected chi connectivity index (χ3v) is 6.80. The Morgan fingerprint density at radius 1 is 1.23 bits per heavy atom. The van der Waals surface area contributed by atoms with Crippen LogP contribution in [-0.4, -0.2) is 46.6 Å². The molecule has 3 aliphatic rings. The molecule has 2 aromatic carbocycles. The minimum Gasteiger partial charge on any atom is -0.492 e. The number of carbonyl (C=O) groups is 1. The molecule has 1 saturated heterocycles. The number of carbonyl (C=O) groups excluding carboxylic acids is 1. The Labute approximate surface area is 171 Å². The molecule has 3 aromatic rings. The van der Waals surface area contributed by atoms with Gasteiger partial charge in [-0.05, 0) is 36.7 Å². The first-order chi connectivity index (χ1) is 14.5. The van der Waals surface area contributed by atoms with E-state index < -0.39 is 11.3 Å². The second-order valence-corrected chi connectivity index (χ2v) is 8.48. The molecular formula is C22H20F2N4O2. The Hall–Kier alpha value is -3.00. The SMILES string of the molecule is O=C1NCc2c1ccc1c2OCC12CCN(Cc1ccc3[nH]ncc3c1)CC2(F)F. The highest BCUT2D eigenvalue weighted by Gasteiger charge is 2.62. The third-order valence-electron chi connectivity index (χ3n) is 6.80. The molecule has 4 heterocycles. The average Bonchev–Trinajstić information content (AvgIpc) is 3.42. The van der Waals surface area contributed by atoms with Gasteiger partial charge in [0.1, 0.15) is 12.4 Å². The van der Waals surface area contributed by atoms with Crippen molar-refractivity contribution in [3.8, 4) is 5.75 Å². The van der Waals surface area contributed by atoms with Crippen molar-refractivity contribution in [1.29, 1.82) is 0 Å². The Kier molecular flexibility index (Phi) is 3.57. The number of ether oxygens (including phenoxy) is 1. The summed E-state index contributed by atoms with van der Waals surface area (Å²) in [7, 11) is 0. The van der Waals surface area contributed by atoms with Crippen LogP contribution in [0, 0.1) is 0 Å². The zero-order chi connectivity index (χ0) is 20.5. The van der Waals surface area contributed by atoms with Gasteiger partial charge in [0.15, 0.2) is 0 Å². The molecule has 1 spiro atoms. The molecule has 1 amide bonds. The molecule has 0 saturated carbocycles. The first-order valence-corrected chi connectivity index (χ1v) is 10.1. The molecule has 1 atom stereocenters. The molecule has 3 aliphatic heterocycles. The number of nitrogens with one attached hydrogen (secondary N) is 2. The van der Waals surface area contributed by atoms with Gasteiger partial charge < -0.3 is 10.1 Å². The second kappa shape index (κ2) is 6.01. The van der Waals surface area contributed by atoms with Gasteiger partial charge in [-0.1, -0.05) is 12.1 Å². The van der Waals surface area contributed by atoms with E-state index in [2.05, 4.69) is 15.5 Å². The van der Waals surface area contributed by atoms with E-state index in [1.165, 1.54) is 0 Å². The van der Waals surface area contributed by atoms with Gasteiger partial charge in [-0.25, -0.2) is 8.78 Å². The highest BCUT2D eigenvalue weighted by molar-refractivity contribution is 5.99. The average molecular weight is 410 g/mol. The first kappa shape index (κ1) is 17.8. The second-order valence-electron chi connectivity index (χ2n) is 8.48. The van der Waals surface area contributed by atoms with Crippen molar-refractivity contribution in [3.63, 3.8) is 0 Å². The van der Waals surface area contributed by atoms with Crippen LogP contribution in [0.3, 0.4) is 0 Å². The summed E-state index contributed by atoms with van der Waals surface area (Å²) in [5.41, 5.74) is 2.36. The Balaban J connectivity index is 1.29. The molecule has 30 heavy (non-hydrogen) atoms. The van der Waals surface area contributed by atoms with Crippen LogP contribution < -0.4 is 10.1 Å². The van der Waals surface area contributed by atoms with Crippen LogP contribution in [0.15, 0.2) is 36.5 Å². The van der Waals surface area contributed by atoms with Crippen molar-refractivity contribution >= 4 is 16.8 Å². The van der Waals surface area contributed by atoms with E-state index in [9.17, 15) is 4.79 Å². The summed E-state index contributed by atoms with van der Waals surface area (Å²) < 4.78 is 37.0. The lowest BCUT2D eigenvalue weighted by atomic mass is 9.71. The predicted octanol–water partition coefficient (Wildman–Crippen LogP) is 2.98. The zero-order valence-corrected chi connectivity index (χ0v) is 16.2. The van der Waals surface area contributed by atoms with Crippen molar-refractivity contribution in [3.05, 3.63) is 58.8 Å². The van der Waals surface area contributed by atoms with Gasteiger partial charge in [0.2, 0.25) is 0 Å².